The van der Waals surface area contributed by atoms with Crippen LogP contribution in [0.25, 0.3) is 0 Å². The summed E-state index contributed by atoms with van der Waals surface area (Å²) < 4.78 is 47.1. The fourth-order valence-corrected chi connectivity index (χ4v) is 6.67. The van der Waals surface area contributed by atoms with Crippen molar-refractivity contribution in [3.63, 3.8) is 0 Å². The molecular formula is C18H32O8P2. The summed E-state index contributed by atoms with van der Waals surface area (Å²) in [4.78, 5) is 0. The van der Waals surface area contributed by atoms with Crippen molar-refractivity contribution in [1.82, 2.24) is 0 Å². The van der Waals surface area contributed by atoms with E-state index in [1.54, 1.807) is 0 Å². The SMILES string of the molecule is CCCC1(C)COP(OC2COC3C(OP4OCC(C)(C)CO4)COC23)OC1. The van der Waals surface area contributed by atoms with Gasteiger partial charge in [0.1, 0.15) is 24.4 Å². The number of ether oxygens (including phenoxy) is 2. The average Bonchev–Trinajstić information content (AvgIpc) is 3.23. The van der Waals surface area contributed by atoms with Gasteiger partial charge in [-0.05, 0) is 6.42 Å². The maximum absolute atomic E-state index is 6.06. The van der Waals surface area contributed by atoms with Crippen LogP contribution in [-0.4, -0.2) is 64.1 Å². The average molecular weight is 438 g/mol. The smallest absolute Gasteiger partial charge is 0.333 e. The highest BCUT2D eigenvalue weighted by atomic mass is 31.2. The molecule has 0 aliphatic carbocycles. The van der Waals surface area contributed by atoms with Crippen molar-refractivity contribution in [3.05, 3.63) is 0 Å². The molecule has 4 fully saturated rings. The fraction of sp³-hybridized carbons (Fsp3) is 1.00. The van der Waals surface area contributed by atoms with Crippen LogP contribution in [0.2, 0.25) is 0 Å². The standard InChI is InChI=1S/C18H32O8P2/c1-5-6-18(4)11-23-28(24-12-18)26-14-8-20-15-13(7-19-16(14)15)25-27-21-9-17(2,3)10-22-27/h13-16H,5-12H2,1-4H3. The van der Waals surface area contributed by atoms with Crippen LogP contribution in [0.15, 0.2) is 0 Å². The van der Waals surface area contributed by atoms with Crippen molar-refractivity contribution in [1.29, 1.82) is 0 Å². The number of hydrogen-bond donors (Lipinski definition) is 0. The van der Waals surface area contributed by atoms with E-state index in [0.29, 0.717) is 39.6 Å². The maximum Gasteiger partial charge on any atom is 0.333 e. The van der Waals surface area contributed by atoms with E-state index in [9.17, 15) is 0 Å². The molecule has 4 saturated heterocycles. The van der Waals surface area contributed by atoms with Gasteiger partial charge in [-0.2, -0.15) is 0 Å². The molecule has 0 aromatic heterocycles. The molecule has 4 rings (SSSR count). The van der Waals surface area contributed by atoms with E-state index in [2.05, 4.69) is 27.7 Å². The largest absolute Gasteiger partial charge is 0.370 e. The first kappa shape index (κ1) is 21.8. The monoisotopic (exact) mass is 438 g/mol. The van der Waals surface area contributed by atoms with Gasteiger partial charge in [-0.25, -0.2) is 0 Å². The molecule has 10 heteroatoms. The first-order valence-corrected chi connectivity index (χ1v) is 12.3. The van der Waals surface area contributed by atoms with Crippen LogP contribution < -0.4 is 0 Å². The van der Waals surface area contributed by atoms with Crippen molar-refractivity contribution in [2.75, 3.05) is 39.6 Å². The molecule has 28 heavy (non-hydrogen) atoms. The normalized spacial score (nSPS) is 43.9. The van der Waals surface area contributed by atoms with Crippen molar-refractivity contribution < 1.29 is 36.6 Å². The highest BCUT2D eigenvalue weighted by Crippen LogP contribution is 2.52. The minimum atomic E-state index is -1.36. The maximum atomic E-state index is 6.06. The van der Waals surface area contributed by atoms with Crippen molar-refractivity contribution in [2.24, 2.45) is 10.8 Å². The lowest BCUT2D eigenvalue weighted by Gasteiger charge is -2.36. The van der Waals surface area contributed by atoms with E-state index >= 15 is 0 Å². The van der Waals surface area contributed by atoms with Gasteiger partial charge in [-0.3, -0.25) is 0 Å². The third-order valence-electron chi connectivity index (χ3n) is 5.42. The van der Waals surface area contributed by atoms with Gasteiger partial charge in [-0.1, -0.05) is 34.1 Å². The lowest BCUT2D eigenvalue weighted by Crippen LogP contribution is -2.36. The van der Waals surface area contributed by atoms with Gasteiger partial charge in [0.05, 0.1) is 39.6 Å². The van der Waals surface area contributed by atoms with E-state index in [0.717, 1.165) is 12.8 Å². The molecule has 4 unspecified atom stereocenters. The Bertz CT molecular complexity index is 518. The molecule has 4 heterocycles. The molecule has 4 atom stereocenters. The van der Waals surface area contributed by atoms with Crippen LogP contribution in [-0.2, 0) is 36.6 Å². The Morgan fingerprint density at radius 2 is 1.25 bits per heavy atom. The van der Waals surface area contributed by atoms with E-state index in [4.69, 9.17) is 36.6 Å². The summed E-state index contributed by atoms with van der Waals surface area (Å²) in [5.74, 6) is 0. The Morgan fingerprint density at radius 1 is 0.786 bits per heavy atom. The Kier molecular flexibility index (Phi) is 6.96. The summed E-state index contributed by atoms with van der Waals surface area (Å²) in [6, 6.07) is 0. The van der Waals surface area contributed by atoms with E-state index in [-0.39, 0.29) is 35.2 Å². The predicted octanol–water partition coefficient (Wildman–Crippen LogP) is 3.93. The third kappa shape index (κ3) is 5.05. The summed E-state index contributed by atoms with van der Waals surface area (Å²) in [5.41, 5.74) is 0.0975. The minimum Gasteiger partial charge on any atom is -0.370 e. The minimum absolute atomic E-state index is 0.0229. The zero-order valence-electron chi connectivity index (χ0n) is 17.1. The molecule has 0 saturated carbocycles. The molecule has 0 aromatic rings. The molecule has 0 N–H and O–H groups in total. The van der Waals surface area contributed by atoms with Gasteiger partial charge in [0.15, 0.2) is 0 Å². The predicted molar refractivity (Wildman–Crippen MR) is 104 cm³/mol. The van der Waals surface area contributed by atoms with Gasteiger partial charge in [0, 0.05) is 10.8 Å². The van der Waals surface area contributed by atoms with Gasteiger partial charge in [0.2, 0.25) is 0 Å². The second kappa shape index (κ2) is 8.96. The Labute approximate surface area is 169 Å². The first-order valence-electron chi connectivity index (χ1n) is 10.1. The summed E-state index contributed by atoms with van der Waals surface area (Å²) in [7, 11) is -2.72. The third-order valence-corrected chi connectivity index (χ3v) is 7.66. The van der Waals surface area contributed by atoms with Gasteiger partial charge < -0.3 is 36.6 Å². The Balaban J connectivity index is 1.23. The Morgan fingerprint density at radius 3 is 1.71 bits per heavy atom. The molecule has 0 spiro atoms. The molecule has 0 radical (unpaired) electrons. The van der Waals surface area contributed by atoms with Crippen LogP contribution in [0.4, 0.5) is 0 Å². The summed E-state index contributed by atoms with van der Waals surface area (Å²) in [6.45, 7) is 12.1. The molecule has 0 aromatic carbocycles. The lowest BCUT2D eigenvalue weighted by molar-refractivity contribution is -0.0300. The molecular weight excluding hydrogens is 406 g/mol. The van der Waals surface area contributed by atoms with Crippen LogP contribution in [0.1, 0.15) is 40.5 Å². The summed E-state index contributed by atoms with van der Waals surface area (Å²) >= 11 is 0. The highest BCUT2D eigenvalue weighted by Gasteiger charge is 2.52. The van der Waals surface area contributed by atoms with Crippen LogP contribution >= 0.6 is 17.2 Å². The molecule has 0 amide bonds. The zero-order valence-corrected chi connectivity index (χ0v) is 18.9. The molecule has 4 aliphatic heterocycles. The molecule has 162 valence electrons. The van der Waals surface area contributed by atoms with Crippen LogP contribution in [0.3, 0.4) is 0 Å². The lowest BCUT2D eigenvalue weighted by atomic mass is 9.88. The molecule has 8 nitrogen and oxygen atoms in total. The second-order valence-electron chi connectivity index (χ2n) is 9.15. The second-order valence-corrected chi connectivity index (χ2v) is 11.5. The number of hydrogen-bond acceptors (Lipinski definition) is 8. The van der Waals surface area contributed by atoms with Crippen LogP contribution in [0, 0.1) is 10.8 Å². The quantitative estimate of drug-likeness (QED) is 0.578. The number of fused-ring (bicyclic) bond motifs is 1. The Hall–Kier alpha value is 0.540. The molecule has 0 bridgehead atoms. The summed E-state index contributed by atoms with van der Waals surface area (Å²) in [6.07, 6.45) is 1.42. The van der Waals surface area contributed by atoms with Crippen LogP contribution in [0.5, 0.6) is 0 Å². The molecule has 4 aliphatic rings. The fourth-order valence-electron chi connectivity index (χ4n) is 3.73. The topological polar surface area (TPSA) is 73.8 Å². The van der Waals surface area contributed by atoms with Gasteiger partial charge in [0.25, 0.3) is 0 Å². The van der Waals surface area contributed by atoms with Crippen molar-refractivity contribution >= 4 is 17.2 Å². The summed E-state index contributed by atoms with van der Waals surface area (Å²) in [5, 5.41) is 0. The van der Waals surface area contributed by atoms with Crippen molar-refractivity contribution in [3.8, 4) is 0 Å². The van der Waals surface area contributed by atoms with E-state index in [1.165, 1.54) is 0 Å². The zero-order chi connectivity index (χ0) is 19.8. The highest BCUT2D eigenvalue weighted by molar-refractivity contribution is 7.42. The van der Waals surface area contributed by atoms with E-state index < -0.39 is 17.2 Å². The van der Waals surface area contributed by atoms with Crippen molar-refractivity contribution in [2.45, 2.75) is 65.0 Å². The first-order chi connectivity index (χ1) is 13.4. The van der Waals surface area contributed by atoms with E-state index in [1.807, 2.05) is 0 Å². The van der Waals surface area contributed by atoms with Gasteiger partial charge >= 0.3 is 17.2 Å². The number of rotatable bonds is 6. The van der Waals surface area contributed by atoms with Gasteiger partial charge in [-0.15, -0.1) is 0 Å².